The van der Waals surface area contributed by atoms with Crippen LogP contribution in [0.15, 0.2) is 56.5 Å². The summed E-state index contributed by atoms with van der Waals surface area (Å²) in [6.07, 6.45) is 1.63. The maximum Gasteiger partial charge on any atom is 0.257 e. The quantitative estimate of drug-likeness (QED) is 0.573. The fraction of sp³-hybridized carbons (Fsp3) is 0.0625. The summed E-state index contributed by atoms with van der Waals surface area (Å²) in [5, 5.41) is 6.85. The van der Waals surface area contributed by atoms with Crippen LogP contribution in [0.25, 0.3) is 0 Å². The number of rotatable bonds is 4. The van der Waals surface area contributed by atoms with Crippen LogP contribution in [0.3, 0.4) is 0 Å². The lowest BCUT2D eigenvalue weighted by molar-refractivity contribution is 0.102. The number of carbonyl (C=O) groups excluding carboxylic acids is 1. The minimum Gasteiger partial charge on any atom is -0.317 e. The molecule has 128 valence electrons. The van der Waals surface area contributed by atoms with E-state index in [2.05, 4.69) is 47.3 Å². The minimum atomic E-state index is -0.483. The fourth-order valence-electron chi connectivity index (χ4n) is 2.18. The molecule has 0 atom stereocenters. The van der Waals surface area contributed by atoms with Crippen molar-refractivity contribution in [3.63, 3.8) is 0 Å². The Balaban J connectivity index is 1.79. The largest absolute Gasteiger partial charge is 0.317 e. The number of nitrogens with zero attached hydrogens (tertiary/aromatic N) is 2. The highest BCUT2D eigenvalue weighted by molar-refractivity contribution is 9.10. The predicted molar refractivity (Wildman–Crippen MR) is 98.1 cm³/mol. The summed E-state index contributed by atoms with van der Waals surface area (Å²) in [6, 6.07) is 9.07. The van der Waals surface area contributed by atoms with Gasteiger partial charge in [0.2, 0.25) is 5.56 Å². The number of aromatic amines is 1. The van der Waals surface area contributed by atoms with Crippen LogP contribution in [0, 0.1) is 5.82 Å². The Labute approximate surface area is 158 Å². The SMILES string of the molecule is O=C(Nc1nn(Cc2ccccc2F)cc1Br)c1cc(Br)[nH]c(=O)c1. The molecule has 9 heteroatoms. The van der Waals surface area contributed by atoms with Crippen molar-refractivity contribution >= 4 is 43.6 Å². The third-order valence-electron chi connectivity index (χ3n) is 3.31. The maximum atomic E-state index is 13.7. The molecule has 0 radical (unpaired) electrons. The highest BCUT2D eigenvalue weighted by atomic mass is 79.9. The zero-order valence-corrected chi connectivity index (χ0v) is 15.8. The van der Waals surface area contributed by atoms with E-state index in [0.29, 0.717) is 14.6 Å². The van der Waals surface area contributed by atoms with Crippen LogP contribution in [0.4, 0.5) is 10.2 Å². The number of halogens is 3. The molecular weight excluding hydrogens is 459 g/mol. The first-order valence-electron chi connectivity index (χ1n) is 7.10. The highest BCUT2D eigenvalue weighted by Crippen LogP contribution is 2.22. The van der Waals surface area contributed by atoms with Crippen LogP contribution in [-0.4, -0.2) is 20.7 Å². The van der Waals surface area contributed by atoms with Gasteiger partial charge in [0.15, 0.2) is 5.82 Å². The molecule has 3 rings (SSSR count). The van der Waals surface area contributed by atoms with Gasteiger partial charge in [-0.25, -0.2) is 4.39 Å². The lowest BCUT2D eigenvalue weighted by atomic mass is 10.2. The van der Waals surface area contributed by atoms with E-state index in [4.69, 9.17) is 0 Å². The molecule has 0 saturated carbocycles. The summed E-state index contributed by atoms with van der Waals surface area (Å²) in [6.45, 7) is 0.220. The molecule has 0 saturated heterocycles. The Morgan fingerprint density at radius 1 is 1.28 bits per heavy atom. The van der Waals surface area contributed by atoms with Crippen molar-refractivity contribution in [2.75, 3.05) is 5.32 Å². The van der Waals surface area contributed by atoms with Crippen molar-refractivity contribution in [3.05, 3.63) is 79.0 Å². The van der Waals surface area contributed by atoms with Crippen molar-refractivity contribution in [3.8, 4) is 0 Å². The molecule has 3 aromatic rings. The van der Waals surface area contributed by atoms with Gasteiger partial charge in [-0.3, -0.25) is 14.3 Å². The smallest absolute Gasteiger partial charge is 0.257 e. The third kappa shape index (κ3) is 4.23. The van der Waals surface area contributed by atoms with Gasteiger partial charge in [-0.15, -0.1) is 0 Å². The van der Waals surface area contributed by atoms with Crippen molar-refractivity contribution in [1.29, 1.82) is 0 Å². The Kier molecular flexibility index (Phi) is 5.14. The van der Waals surface area contributed by atoms with Crippen molar-refractivity contribution in [1.82, 2.24) is 14.8 Å². The summed E-state index contributed by atoms with van der Waals surface area (Å²) in [7, 11) is 0. The zero-order chi connectivity index (χ0) is 18.0. The zero-order valence-electron chi connectivity index (χ0n) is 12.6. The Bertz CT molecular complexity index is 1000. The average Bonchev–Trinajstić information content (AvgIpc) is 2.88. The summed E-state index contributed by atoms with van der Waals surface area (Å²) >= 11 is 6.44. The lowest BCUT2D eigenvalue weighted by Crippen LogP contribution is -2.17. The van der Waals surface area contributed by atoms with Gasteiger partial charge in [0.1, 0.15) is 5.82 Å². The van der Waals surface area contributed by atoms with Gasteiger partial charge >= 0.3 is 0 Å². The lowest BCUT2D eigenvalue weighted by Gasteiger charge is -2.04. The number of amides is 1. The van der Waals surface area contributed by atoms with E-state index in [1.165, 1.54) is 22.9 Å². The van der Waals surface area contributed by atoms with E-state index < -0.39 is 11.5 Å². The molecule has 0 aliphatic carbocycles. The molecule has 1 aromatic carbocycles. The molecule has 0 bridgehead atoms. The van der Waals surface area contributed by atoms with Crippen molar-refractivity contribution in [2.45, 2.75) is 6.54 Å². The van der Waals surface area contributed by atoms with Crippen molar-refractivity contribution in [2.24, 2.45) is 0 Å². The first-order chi connectivity index (χ1) is 11.9. The Morgan fingerprint density at radius 2 is 2.04 bits per heavy atom. The number of benzene rings is 1. The van der Waals surface area contributed by atoms with Gasteiger partial charge < -0.3 is 10.3 Å². The van der Waals surface area contributed by atoms with Gasteiger partial charge in [0.05, 0.1) is 15.6 Å². The molecule has 0 aliphatic rings. The van der Waals surface area contributed by atoms with E-state index in [0.717, 1.165) is 0 Å². The van der Waals surface area contributed by atoms with Gasteiger partial charge in [-0.05, 0) is 44.0 Å². The van der Waals surface area contributed by atoms with Crippen molar-refractivity contribution < 1.29 is 9.18 Å². The number of hydrogen-bond acceptors (Lipinski definition) is 3. The molecule has 2 N–H and O–H groups in total. The van der Waals surface area contributed by atoms with E-state index in [-0.39, 0.29) is 23.7 Å². The second-order valence-electron chi connectivity index (χ2n) is 5.15. The molecule has 2 aromatic heterocycles. The second-order valence-corrected chi connectivity index (χ2v) is 6.86. The van der Waals surface area contributed by atoms with Gasteiger partial charge in [-0.1, -0.05) is 18.2 Å². The predicted octanol–water partition coefficient (Wildman–Crippen LogP) is 3.54. The number of carbonyl (C=O) groups is 1. The minimum absolute atomic E-state index is 0.186. The number of anilines is 1. The van der Waals surface area contributed by atoms with E-state index >= 15 is 0 Å². The number of nitrogens with one attached hydrogen (secondary N) is 2. The summed E-state index contributed by atoms with van der Waals surface area (Å²) < 4.78 is 16.2. The molecule has 0 aliphatic heterocycles. The molecule has 0 spiro atoms. The molecular formula is C16H11Br2FN4O2. The number of H-pyrrole nitrogens is 1. The first kappa shape index (κ1) is 17.6. The van der Waals surface area contributed by atoms with Gasteiger partial charge in [0.25, 0.3) is 5.91 Å². The Hall–Kier alpha value is -2.26. The number of aromatic nitrogens is 3. The van der Waals surface area contributed by atoms with Crippen LogP contribution >= 0.6 is 31.9 Å². The monoisotopic (exact) mass is 468 g/mol. The van der Waals surface area contributed by atoms with Crippen LogP contribution in [-0.2, 0) is 6.54 Å². The maximum absolute atomic E-state index is 13.7. The van der Waals surface area contributed by atoms with Gasteiger partial charge in [-0.2, -0.15) is 5.10 Å². The molecule has 0 fully saturated rings. The molecule has 6 nitrogen and oxygen atoms in total. The average molecular weight is 470 g/mol. The van der Waals surface area contributed by atoms with Crippen LogP contribution < -0.4 is 10.9 Å². The molecule has 25 heavy (non-hydrogen) atoms. The Morgan fingerprint density at radius 3 is 2.76 bits per heavy atom. The van der Waals surface area contributed by atoms with E-state index in [9.17, 15) is 14.0 Å². The summed E-state index contributed by atoms with van der Waals surface area (Å²) in [4.78, 5) is 26.2. The second kappa shape index (κ2) is 7.32. The number of hydrogen-bond donors (Lipinski definition) is 2. The molecule has 0 unspecified atom stereocenters. The van der Waals surface area contributed by atoms with Crippen LogP contribution in [0.1, 0.15) is 15.9 Å². The highest BCUT2D eigenvalue weighted by Gasteiger charge is 2.14. The standard InChI is InChI=1S/C16H11Br2FN4O2/c17-11-8-23(7-9-3-1-2-4-12(9)19)22-15(11)21-16(25)10-5-13(18)20-14(24)6-10/h1-6,8H,7H2,(H,20,24)(H,21,22,25). The van der Waals surface area contributed by atoms with Crippen LogP contribution in [0.2, 0.25) is 0 Å². The van der Waals surface area contributed by atoms with E-state index in [1.807, 2.05) is 0 Å². The number of pyridine rings is 1. The summed E-state index contributed by atoms with van der Waals surface area (Å²) in [5.74, 6) is -0.533. The molecule has 2 heterocycles. The van der Waals surface area contributed by atoms with Gasteiger partial charge in [0, 0.05) is 23.4 Å². The fourth-order valence-corrected chi connectivity index (χ4v) is 3.04. The normalized spacial score (nSPS) is 10.7. The third-order valence-corrected chi connectivity index (χ3v) is 4.32. The van der Waals surface area contributed by atoms with E-state index in [1.54, 1.807) is 24.4 Å². The first-order valence-corrected chi connectivity index (χ1v) is 8.68. The van der Waals surface area contributed by atoms with Crippen LogP contribution in [0.5, 0.6) is 0 Å². The summed E-state index contributed by atoms with van der Waals surface area (Å²) in [5.41, 5.74) is 0.267. The molecule has 1 amide bonds. The topological polar surface area (TPSA) is 79.8 Å².